The molecule has 1 atom stereocenters. The molecule has 1 amide bonds. The lowest BCUT2D eigenvalue weighted by atomic mass is 10.2. The van der Waals surface area contributed by atoms with Crippen LogP contribution in [0.3, 0.4) is 0 Å². The quantitative estimate of drug-likeness (QED) is 0.268. The Kier molecular flexibility index (Phi) is 10.9. The number of nitrogens with zero attached hydrogens (tertiary/aromatic N) is 5. The van der Waals surface area contributed by atoms with Gasteiger partial charge in [0.05, 0.1) is 12.6 Å². The van der Waals surface area contributed by atoms with Crippen molar-refractivity contribution in [2.24, 2.45) is 0 Å². The van der Waals surface area contributed by atoms with Crippen molar-refractivity contribution in [2.45, 2.75) is 65.6 Å². The smallest absolute Gasteiger partial charge is 0.269 e. The van der Waals surface area contributed by atoms with E-state index in [0.717, 1.165) is 49.7 Å². The first-order valence-corrected chi connectivity index (χ1v) is 12.8. The molecule has 0 aromatic carbocycles. The van der Waals surface area contributed by atoms with Crippen LogP contribution in [0, 0.1) is 0 Å². The minimum atomic E-state index is -0.119. The van der Waals surface area contributed by atoms with Gasteiger partial charge in [-0.2, -0.15) is 0 Å². The molecule has 3 heterocycles. The number of imidazole rings is 2. The molecule has 0 aliphatic heterocycles. The van der Waals surface area contributed by atoms with Crippen LogP contribution in [0.4, 0.5) is 0 Å². The van der Waals surface area contributed by atoms with Crippen LogP contribution >= 0.6 is 0 Å². The van der Waals surface area contributed by atoms with Gasteiger partial charge in [0.15, 0.2) is 0 Å². The van der Waals surface area contributed by atoms with Crippen LogP contribution in [-0.2, 0) is 13.1 Å². The van der Waals surface area contributed by atoms with Crippen LogP contribution in [0.5, 0.6) is 0 Å². The number of hydrogen-bond acceptors (Lipinski definition) is 6. The van der Waals surface area contributed by atoms with Gasteiger partial charge in [-0.3, -0.25) is 14.7 Å². The SMILES string of the molecule is CCCN(CCC)CCCCNC(=O)c1ccc(CN(Cc2ncc[nH]2)C(C)c2ncc[nH]2)cn1. The maximum absolute atomic E-state index is 12.5. The van der Waals surface area contributed by atoms with E-state index < -0.39 is 0 Å². The number of nitrogens with one attached hydrogen (secondary N) is 3. The van der Waals surface area contributed by atoms with Gasteiger partial charge in [0.25, 0.3) is 5.91 Å². The van der Waals surface area contributed by atoms with E-state index in [2.05, 4.69) is 60.8 Å². The van der Waals surface area contributed by atoms with E-state index in [4.69, 9.17) is 0 Å². The lowest BCUT2D eigenvalue weighted by Crippen LogP contribution is -2.29. The first kappa shape index (κ1) is 26.6. The second-order valence-electron chi connectivity index (χ2n) is 8.95. The Balaban J connectivity index is 1.49. The molecule has 0 fully saturated rings. The summed E-state index contributed by atoms with van der Waals surface area (Å²) in [4.78, 5) is 36.9. The molecule has 190 valence electrons. The summed E-state index contributed by atoms with van der Waals surface area (Å²) in [6.07, 6.45) is 13.4. The van der Waals surface area contributed by atoms with Crippen molar-refractivity contribution >= 4 is 5.91 Å². The highest BCUT2D eigenvalue weighted by molar-refractivity contribution is 5.92. The second kappa shape index (κ2) is 14.4. The zero-order chi connectivity index (χ0) is 24.9. The van der Waals surface area contributed by atoms with Gasteiger partial charge in [0, 0.05) is 44.1 Å². The largest absolute Gasteiger partial charge is 0.351 e. The summed E-state index contributed by atoms with van der Waals surface area (Å²) in [6.45, 7) is 11.9. The third-order valence-corrected chi connectivity index (χ3v) is 6.08. The predicted molar refractivity (Wildman–Crippen MR) is 138 cm³/mol. The third kappa shape index (κ3) is 8.60. The van der Waals surface area contributed by atoms with Gasteiger partial charge in [-0.05, 0) is 63.9 Å². The fraction of sp³-hybridized carbons (Fsp3) is 0.538. The highest BCUT2D eigenvalue weighted by Gasteiger charge is 2.20. The lowest BCUT2D eigenvalue weighted by Gasteiger charge is -2.27. The summed E-state index contributed by atoms with van der Waals surface area (Å²) in [5.74, 6) is 1.67. The van der Waals surface area contributed by atoms with Gasteiger partial charge in [0.1, 0.15) is 17.3 Å². The molecule has 0 bridgehead atoms. The monoisotopic (exact) mass is 480 g/mol. The topological polar surface area (TPSA) is 106 Å². The first-order valence-electron chi connectivity index (χ1n) is 12.8. The van der Waals surface area contributed by atoms with E-state index in [9.17, 15) is 4.79 Å². The number of pyridine rings is 1. The number of H-pyrrole nitrogens is 2. The summed E-state index contributed by atoms with van der Waals surface area (Å²) < 4.78 is 0. The molecule has 0 saturated heterocycles. The van der Waals surface area contributed by atoms with Crippen molar-refractivity contribution < 1.29 is 4.79 Å². The molecular weight excluding hydrogens is 440 g/mol. The molecule has 9 nitrogen and oxygen atoms in total. The van der Waals surface area contributed by atoms with Gasteiger partial charge in [0.2, 0.25) is 0 Å². The normalized spacial score (nSPS) is 12.4. The zero-order valence-corrected chi connectivity index (χ0v) is 21.3. The maximum atomic E-state index is 12.5. The highest BCUT2D eigenvalue weighted by atomic mass is 16.1. The van der Waals surface area contributed by atoms with Crippen molar-refractivity contribution in [3.8, 4) is 0 Å². The Morgan fingerprint density at radius 3 is 2.37 bits per heavy atom. The van der Waals surface area contributed by atoms with E-state index in [1.807, 2.05) is 18.5 Å². The molecule has 0 radical (unpaired) electrons. The van der Waals surface area contributed by atoms with E-state index in [0.29, 0.717) is 25.3 Å². The molecule has 9 heteroatoms. The first-order chi connectivity index (χ1) is 17.1. The van der Waals surface area contributed by atoms with Gasteiger partial charge < -0.3 is 20.2 Å². The molecule has 0 aliphatic rings. The van der Waals surface area contributed by atoms with Gasteiger partial charge in [-0.1, -0.05) is 19.9 Å². The molecule has 35 heavy (non-hydrogen) atoms. The van der Waals surface area contributed by atoms with Crippen molar-refractivity contribution in [2.75, 3.05) is 26.2 Å². The van der Waals surface area contributed by atoms with E-state index in [1.165, 1.54) is 12.8 Å². The number of unbranched alkanes of at least 4 members (excludes halogenated alkanes) is 1. The number of amides is 1. The van der Waals surface area contributed by atoms with Crippen LogP contribution < -0.4 is 5.32 Å². The molecule has 0 aliphatic carbocycles. The Labute approximate surface area is 208 Å². The Bertz CT molecular complexity index is 950. The second-order valence-corrected chi connectivity index (χ2v) is 8.95. The van der Waals surface area contributed by atoms with Gasteiger partial charge in [-0.15, -0.1) is 0 Å². The Morgan fingerprint density at radius 2 is 1.74 bits per heavy atom. The van der Waals surface area contributed by atoms with Crippen LogP contribution in [0.25, 0.3) is 0 Å². The fourth-order valence-corrected chi connectivity index (χ4v) is 4.19. The standard InChI is InChI=1S/C26H40N8O/c1-4-15-33(16-5-2)17-7-6-10-31-26(35)23-9-8-22(18-32-23)19-34(20-24-27-11-12-28-24)21(3)25-29-13-14-30-25/h8-9,11-14,18,21H,4-7,10,15-17,19-20H2,1-3H3,(H,27,28)(H,29,30)(H,31,35). The fourth-order valence-electron chi connectivity index (χ4n) is 4.19. The number of carbonyl (C=O) groups is 1. The minimum absolute atomic E-state index is 0.0589. The molecule has 0 spiro atoms. The third-order valence-electron chi connectivity index (χ3n) is 6.08. The lowest BCUT2D eigenvalue weighted by molar-refractivity contribution is 0.0947. The van der Waals surface area contributed by atoms with E-state index in [-0.39, 0.29) is 11.9 Å². The van der Waals surface area contributed by atoms with Crippen molar-refractivity contribution in [1.82, 2.24) is 40.0 Å². The average Bonchev–Trinajstić information content (AvgIpc) is 3.58. The zero-order valence-electron chi connectivity index (χ0n) is 21.3. The number of carbonyl (C=O) groups excluding carboxylic acids is 1. The maximum Gasteiger partial charge on any atom is 0.269 e. The van der Waals surface area contributed by atoms with Gasteiger partial charge >= 0.3 is 0 Å². The number of rotatable bonds is 16. The summed E-state index contributed by atoms with van der Waals surface area (Å²) in [5, 5.41) is 3.01. The summed E-state index contributed by atoms with van der Waals surface area (Å²) in [5.41, 5.74) is 1.47. The van der Waals surface area contributed by atoms with Crippen LogP contribution in [0.2, 0.25) is 0 Å². The van der Waals surface area contributed by atoms with Crippen LogP contribution in [0.1, 0.15) is 80.2 Å². The summed E-state index contributed by atoms with van der Waals surface area (Å²) in [7, 11) is 0. The Morgan fingerprint density at radius 1 is 0.971 bits per heavy atom. The van der Waals surface area contributed by atoms with Crippen molar-refractivity contribution in [3.63, 3.8) is 0 Å². The molecule has 3 rings (SSSR count). The number of aromatic nitrogens is 5. The average molecular weight is 481 g/mol. The molecule has 3 aromatic rings. The molecule has 0 saturated carbocycles. The van der Waals surface area contributed by atoms with E-state index >= 15 is 0 Å². The predicted octanol–water partition coefficient (Wildman–Crippen LogP) is 3.92. The molecule has 1 unspecified atom stereocenters. The molecular formula is C26H40N8O. The summed E-state index contributed by atoms with van der Waals surface area (Å²) in [6, 6.07) is 3.83. The number of aromatic amines is 2. The van der Waals surface area contributed by atoms with Crippen molar-refractivity contribution in [1.29, 1.82) is 0 Å². The molecule has 3 N–H and O–H groups in total. The molecule has 3 aromatic heterocycles. The highest BCUT2D eigenvalue weighted by Crippen LogP contribution is 2.21. The van der Waals surface area contributed by atoms with Crippen LogP contribution in [0.15, 0.2) is 43.1 Å². The number of hydrogen-bond donors (Lipinski definition) is 3. The minimum Gasteiger partial charge on any atom is -0.351 e. The Hall–Kier alpha value is -3.04. The summed E-state index contributed by atoms with van der Waals surface area (Å²) >= 11 is 0. The van der Waals surface area contributed by atoms with Gasteiger partial charge in [-0.25, -0.2) is 9.97 Å². The van der Waals surface area contributed by atoms with Crippen molar-refractivity contribution in [3.05, 3.63) is 66.0 Å². The van der Waals surface area contributed by atoms with Crippen LogP contribution in [-0.4, -0.2) is 66.8 Å². The van der Waals surface area contributed by atoms with E-state index in [1.54, 1.807) is 24.7 Å².